The number of amides is 2. The van der Waals surface area contributed by atoms with Gasteiger partial charge in [-0.2, -0.15) is 0 Å². The standard InChI is InChI=1S/C22H30N4O3/c1-5-6-12-25(3)22(28)19-17-9-7-8-13-26(17)20(24-19)21(27)23-16-14-15(2)10-11-18(16)29-4/h10-11,14H,5-9,12-13H2,1-4H3,(H,23,27). The van der Waals surface area contributed by atoms with Gasteiger partial charge in [0, 0.05) is 20.1 Å². The van der Waals surface area contributed by atoms with E-state index in [1.807, 2.05) is 29.7 Å². The highest BCUT2D eigenvalue weighted by Crippen LogP contribution is 2.27. The van der Waals surface area contributed by atoms with Gasteiger partial charge < -0.3 is 19.5 Å². The van der Waals surface area contributed by atoms with Crippen LogP contribution in [0.4, 0.5) is 5.69 Å². The molecule has 0 fully saturated rings. The van der Waals surface area contributed by atoms with Crippen molar-refractivity contribution in [3.63, 3.8) is 0 Å². The molecule has 2 amide bonds. The summed E-state index contributed by atoms with van der Waals surface area (Å²) < 4.78 is 7.26. The maximum absolute atomic E-state index is 13.1. The lowest BCUT2D eigenvalue weighted by Crippen LogP contribution is -2.29. The third-order valence-electron chi connectivity index (χ3n) is 5.32. The van der Waals surface area contributed by atoms with Crippen LogP contribution in [0.2, 0.25) is 0 Å². The van der Waals surface area contributed by atoms with Crippen molar-refractivity contribution in [1.82, 2.24) is 14.5 Å². The van der Waals surface area contributed by atoms with Gasteiger partial charge in [0.2, 0.25) is 0 Å². The summed E-state index contributed by atoms with van der Waals surface area (Å²) >= 11 is 0. The number of benzene rings is 1. The maximum Gasteiger partial charge on any atom is 0.291 e. The molecule has 0 atom stereocenters. The Balaban J connectivity index is 1.92. The molecule has 1 aliphatic heterocycles. The highest BCUT2D eigenvalue weighted by atomic mass is 16.5. The second kappa shape index (κ2) is 9.11. The van der Waals surface area contributed by atoms with Gasteiger partial charge >= 0.3 is 0 Å². The van der Waals surface area contributed by atoms with Crippen LogP contribution in [-0.4, -0.2) is 47.0 Å². The molecule has 2 aromatic rings. The fourth-order valence-electron chi connectivity index (χ4n) is 3.66. The van der Waals surface area contributed by atoms with Gasteiger partial charge in [0.1, 0.15) is 11.4 Å². The molecule has 0 aliphatic carbocycles. The van der Waals surface area contributed by atoms with E-state index in [1.165, 1.54) is 0 Å². The van der Waals surface area contributed by atoms with Crippen molar-refractivity contribution in [3.05, 3.63) is 41.0 Å². The zero-order chi connectivity index (χ0) is 21.0. The Labute approximate surface area is 172 Å². The molecule has 3 rings (SSSR count). The molecule has 0 spiro atoms. The number of nitrogens with zero attached hydrogens (tertiary/aromatic N) is 3. The second-order valence-electron chi connectivity index (χ2n) is 7.58. The molecule has 0 radical (unpaired) electrons. The van der Waals surface area contributed by atoms with Crippen molar-refractivity contribution in [3.8, 4) is 5.75 Å². The number of unbranched alkanes of at least 4 members (excludes halogenated alkanes) is 1. The van der Waals surface area contributed by atoms with Crippen molar-refractivity contribution in [2.24, 2.45) is 0 Å². The van der Waals surface area contributed by atoms with Gasteiger partial charge in [-0.25, -0.2) is 4.98 Å². The number of carbonyl (C=O) groups excluding carboxylic acids is 2. The van der Waals surface area contributed by atoms with E-state index in [1.54, 1.807) is 19.1 Å². The average molecular weight is 399 g/mol. The highest BCUT2D eigenvalue weighted by molar-refractivity contribution is 6.04. The number of methoxy groups -OCH3 is 1. The number of aromatic nitrogens is 2. The van der Waals surface area contributed by atoms with Crippen LogP contribution >= 0.6 is 0 Å². The van der Waals surface area contributed by atoms with Crippen LogP contribution in [0.15, 0.2) is 18.2 Å². The summed E-state index contributed by atoms with van der Waals surface area (Å²) in [6.07, 6.45) is 4.69. The Bertz CT molecular complexity index is 904. The third kappa shape index (κ3) is 4.44. The minimum atomic E-state index is -0.327. The van der Waals surface area contributed by atoms with E-state index in [0.717, 1.165) is 43.4 Å². The molecule has 1 aromatic heterocycles. The third-order valence-corrected chi connectivity index (χ3v) is 5.32. The van der Waals surface area contributed by atoms with E-state index < -0.39 is 0 Å². The summed E-state index contributed by atoms with van der Waals surface area (Å²) in [6.45, 7) is 5.43. The van der Waals surface area contributed by atoms with E-state index >= 15 is 0 Å². The summed E-state index contributed by atoms with van der Waals surface area (Å²) in [6, 6.07) is 5.61. The zero-order valence-corrected chi connectivity index (χ0v) is 17.7. The van der Waals surface area contributed by atoms with Crippen LogP contribution in [0.5, 0.6) is 5.75 Å². The Morgan fingerprint density at radius 1 is 1.31 bits per heavy atom. The van der Waals surface area contributed by atoms with Crippen LogP contribution in [0.25, 0.3) is 0 Å². The van der Waals surface area contributed by atoms with Gasteiger partial charge in [0.15, 0.2) is 5.82 Å². The van der Waals surface area contributed by atoms with Crippen LogP contribution < -0.4 is 10.1 Å². The average Bonchev–Trinajstić information content (AvgIpc) is 3.11. The number of hydrogen-bond acceptors (Lipinski definition) is 4. The van der Waals surface area contributed by atoms with Gasteiger partial charge in [-0.05, 0) is 50.3 Å². The molecule has 156 valence electrons. The molecule has 7 nitrogen and oxygen atoms in total. The first-order valence-corrected chi connectivity index (χ1v) is 10.3. The van der Waals surface area contributed by atoms with E-state index in [-0.39, 0.29) is 17.6 Å². The largest absolute Gasteiger partial charge is 0.495 e. The van der Waals surface area contributed by atoms with Crippen LogP contribution in [0.1, 0.15) is 65.0 Å². The number of rotatable bonds is 7. The van der Waals surface area contributed by atoms with E-state index in [2.05, 4.69) is 17.2 Å². The van der Waals surface area contributed by atoms with Gasteiger partial charge in [-0.1, -0.05) is 19.4 Å². The lowest BCUT2D eigenvalue weighted by molar-refractivity contribution is 0.0786. The molecule has 0 bridgehead atoms. The Kier molecular flexibility index (Phi) is 6.56. The summed E-state index contributed by atoms with van der Waals surface area (Å²) in [5, 5.41) is 2.91. The summed E-state index contributed by atoms with van der Waals surface area (Å²) in [4.78, 5) is 32.2. The van der Waals surface area contributed by atoms with E-state index in [0.29, 0.717) is 30.2 Å². The zero-order valence-electron chi connectivity index (χ0n) is 17.7. The molecular formula is C22H30N4O3. The quantitative estimate of drug-likeness (QED) is 0.772. The predicted octanol–water partition coefficient (Wildman–Crippen LogP) is 3.66. The number of hydrogen-bond donors (Lipinski definition) is 1. The summed E-state index contributed by atoms with van der Waals surface area (Å²) in [7, 11) is 3.37. The first kappa shape index (κ1) is 20.9. The fraction of sp³-hybridized carbons (Fsp3) is 0.500. The molecule has 1 aliphatic rings. The van der Waals surface area contributed by atoms with Gasteiger partial charge in [-0.15, -0.1) is 0 Å². The normalized spacial score (nSPS) is 13.0. The van der Waals surface area contributed by atoms with Crippen molar-refractivity contribution in [2.45, 2.75) is 52.5 Å². The number of imidazole rings is 1. The fourth-order valence-corrected chi connectivity index (χ4v) is 3.66. The minimum Gasteiger partial charge on any atom is -0.495 e. The number of nitrogens with one attached hydrogen (secondary N) is 1. The first-order chi connectivity index (χ1) is 14.0. The number of aryl methyl sites for hydroxylation is 1. The smallest absolute Gasteiger partial charge is 0.291 e. The minimum absolute atomic E-state index is 0.115. The predicted molar refractivity (Wildman–Crippen MR) is 113 cm³/mol. The number of carbonyl (C=O) groups is 2. The molecule has 1 aromatic carbocycles. The second-order valence-corrected chi connectivity index (χ2v) is 7.58. The molecule has 29 heavy (non-hydrogen) atoms. The monoisotopic (exact) mass is 398 g/mol. The van der Waals surface area contributed by atoms with Crippen molar-refractivity contribution in [1.29, 1.82) is 0 Å². The van der Waals surface area contributed by atoms with Gasteiger partial charge in [0.25, 0.3) is 11.8 Å². The summed E-state index contributed by atoms with van der Waals surface area (Å²) in [5.41, 5.74) is 2.88. The molecule has 0 saturated heterocycles. The molecular weight excluding hydrogens is 368 g/mol. The van der Waals surface area contributed by atoms with E-state index in [9.17, 15) is 9.59 Å². The number of anilines is 1. The van der Waals surface area contributed by atoms with Crippen LogP contribution in [0.3, 0.4) is 0 Å². The van der Waals surface area contributed by atoms with Crippen molar-refractivity contribution in [2.75, 3.05) is 26.0 Å². The Morgan fingerprint density at radius 3 is 2.83 bits per heavy atom. The van der Waals surface area contributed by atoms with Crippen LogP contribution in [-0.2, 0) is 13.0 Å². The SMILES string of the molecule is CCCCN(C)C(=O)c1nc(C(=O)Nc2cc(C)ccc2OC)n2c1CCCC2. The Hall–Kier alpha value is -2.83. The molecule has 7 heteroatoms. The molecule has 0 unspecified atom stereocenters. The lowest BCUT2D eigenvalue weighted by atomic mass is 10.1. The van der Waals surface area contributed by atoms with Crippen LogP contribution in [0, 0.1) is 6.92 Å². The van der Waals surface area contributed by atoms with Crippen molar-refractivity contribution < 1.29 is 14.3 Å². The maximum atomic E-state index is 13.1. The van der Waals surface area contributed by atoms with Gasteiger partial charge in [-0.3, -0.25) is 9.59 Å². The number of fused-ring (bicyclic) bond motifs is 1. The first-order valence-electron chi connectivity index (χ1n) is 10.3. The summed E-state index contributed by atoms with van der Waals surface area (Å²) in [5.74, 6) is 0.434. The van der Waals surface area contributed by atoms with Gasteiger partial charge in [0.05, 0.1) is 18.5 Å². The highest BCUT2D eigenvalue weighted by Gasteiger charge is 2.29. The number of ether oxygens (including phenoxy) is 1. The van der Waals surface area contributed by atoms with Crippen molar-refractivity contribution >= 4 is 17.5 Å². The lowest BCUT2D eigenvalue weighted by Gasteiger charge is -2.19. The molecule has 2 heterocycles. The molecule has 0 saturated carbocycles. The topological polar surface area (TPSA) is 76.5 Å². The van der Waals surface area contributed by atoms with E-state index in [4.69, 9.17) is 4.74 Å². The Morgan fingerprint density at radius 2 is 2.10 bits per heavy atom. The molecule has 1 N–H and O–H groups in total.